The predicted molar refractivity (Wildman–Crippen MR) is 83.8 cm³/mol. The van der Waals surface area contributed by atoms with Crippen LogP contribution in [0.5, 0.6) is 11.5 Å². The number of benzene rings is 2. The minimum absolute atomic E-state index is 0.104. The van der Waals surface area contributed by atoms with Crippen molar-refractivity contribution in [1.29, 1.82) is 0 Å². The molecule has 0 fully saturated rings. The third kappa shape index (κ3) is 3.64. The van der Waals surface area contributed by atoms with Crippen molar-refractivity contribution in [2.24, 2.45) is 0 Å². The fourth-order valence-corrected chi connectivity index (χ4v) is 2.13. The molecule has 1 aliphatic heterocycles. The summed E-state index contributed by atoms with van der Waals surface area (Å²) in [5, 5.41) is 11.6. The summed E-state index contributed by atoms with van der Waals surface area (Å²) in [4.78, 5) is 23.7. The molecule has 0 bridgehead atoms. The maximum atomic E-state index is 11.9. The van der Waals surface area contributed by atoms with Gasteiger partial charge in [-0.2, -0.15) is 0 Å². The van der Waals surface area contributed by atoms with Gasteiger partial charge in [-0.1, -0.05) is 12.1 Å². The Morgan fingerprint density at radius 3 is 2.58 bits per heavy atom. The number of carbonyl (C=O) groups excluding carboxylic acids is 2. The molecule has 24 heavy (non-hydrogen) atoms. The quantitative estimate of drug-likeness (QED) is 0.811. The molecule has 124 valence electrons. The number of hydrogen-bond acceptors (Lipinski definition) is 6. The standard InChI is InChI=1S/C17H15NO6/c19-8-11-1-3-12(4-2-11)17(21)22-9-16(20)18-13-5-6-14-15(7-13)24-10-23-14/h1-7,19H,8-10H2,(H,18,20). The Bertz CT molecular complexity index is 756. The summed E-state index contributed by atoms with van der Waals surface area (Å²) in [6, 6.07) is 11.3. The molecule has 3 rings (SSSR count). The third-order valence-electron chi connectivity index (χ3n) is 3.36. The Morgan fingerprint density at radius 1 is 1.08 bits per heavy atom. The van der Waals surface area contributed by atoms with E-state index in [1.807, 2.05) is 0 Å². The van der Waals surface area contributed by atoms with Crippen molar-refractivity contribution in [1.82, 2.24) is 0 Å². The number of ether oxygens (including phenoxy) is 3. The smallest absolute Gasteiger partial charge is 0.338 e. The van der Waals surface area contributed by atoms with E-state index in [-0.39, 0.29) is 13.4 Å². The molecule has 0 saturated carbocycles. The average molecular weight is 329 g/mol. The van der Waals surface area contributed by atoms with Gasteiger partial charge in [-0.15, -0.1) is 0 Å². The fourth-order valence-electron chi connectivity index (χ4n) is 2.13. The van der Waals surface area contributed by atoms with Crippen molar-refractivity contribution in [3.63, 3.8) is 0 Å². The highest BCUT2D eigenvalue weighted by atomic mass is 16.7. The largest absolute Gasteiger partial charge is 0.454 e. The summed E-state index contributed by atoms with van der Waals surface area (Å²) < 4.78 is 15.4. The van der Waals surface area contributed by atoms with Crippen molar-refractivity contribution in [3.05, 3.63) is 53.6 Å². The number of fused-ring (bicyclic) bond motifs is 1. The van der Waals surface area contributed by atoms with Crippen molar-refractivity contribution in [2.45, 2.75) is 6.61 Å². The summed E-state index contributed by atoms with van der Waals surface area (Å²) in [6.45, 7) is -0.359. The Kier molecular flexibility index (Phi) is 4.62. The normalized spacial score (nSPS) is 11.9. The van der Waals surface area contributed by atoms with E-state index in [4.69, 9.17) is 19.3 Å². The van der Waals surface area contributed by atoms with Gasteiger partial charge in [-0.25, -0.2) is 4.79 Å². The molecule has 0 aromatic heterocycles. The molecule has 1 aliphatic rings. The van der Waals surface area contributed by atoms with Crippen LogP contribution in [0.2, 0.25) is 0 Å². The van der Waals surface area contributed by atoms with Gasteiger partial charge < -0.3 is 24.6 Å². The second-order valence-corrected chi connectivity index (χ2v) is 5.05. The number of aliphatic hydroxyl groups is 1. The van der Waals surface area contributed by atoms with E-state index < -0.39 is 18.5 Å². The molecule has 2 aromatic rings. The Hall–Kier alpha value is -3.06. The van der Waals surface area contributed by atoms with Crippen LogP contribution in [0.3, 0.4) is 0 Å². The molecule has 1 amide bonds. The topological polar surface area (TPSA) is 94.1 Å². The Morgan fingerprint density at radius 2 is 1.83 bits per heavy atom. The highest BCUT2D eigenvalue weighted by molar-refractivity contribution is 5.95. The number of nitrogens with one attached hydrogen (secondary N) is 1. The van der Waals surface area contributed by atoms with Crippen LogP contribution in [0.1, 0.15) is 15.9 Å². The molecule has 0 spiro atoms. The minimum Gasteiger partial charge on any atom is -0.454 e. The van der Waals surface area contributed by atoms with E-state index in [2.05, 4.69) is 5.32 Å². The van der Waals surface area contributed by atoms with Gasteiger partial charge in [-0.3, -0.25) is 4.79 Å². The van der Waals surface area contributed by atoms with Crippen LogP contribution in [0, 0.1) is 0 Å². The van der Waals surface area contributed by atoms with Gasteiger partial charge in [0.25, 0.3) is 5.91 Å². The molecule has 7 nitrogen and oxygen atoms in total. The zero-order valence-electron chi connectivity index (χ0n) is 12.7. The zero-order chi connectivity index (χ0) is 16.9. The SMILES string of the molecule is O=C(COC(=O)c1ccc(CO)cc1)Nc1ccc2c(c1)OCO2. The fraction of sp³-hybridized carbons (Fsp3) is 0.176. The van der Waals surface area contributed by atoms with Crippen LogP contribution < -0.4 is 14.8 Å². The van der Waals surface area contributed by atoms with Crippen molar-refractivity contribution in [3.8, 4) is 11.5 Å². The molecular weight excluding hydrogens is 314 g/mol. The molecular formula is C17H15NO6. The molecule has 2 N–H and O–H groups in total. The first-order valence-electron chi connectivity index (χ1n) is 7.22. The molecule has 1 heterocycles. The first-order valence-corrected chi connectivity index (χ1v) is 7.22. The summed E-state index contributed by atoms with van der Waals surface area (Å²) >= 11 is 0. The second kappa shape index (κ2) is 7.01. The van der Waals surface area contributed by atoms with Gasteiger partial charge in [0.15, 0.2) is 18.1 Å². The number of aliphatic hydroxyl groups excluding tert-OH is 1. The van der Waals surface area contributed by atoms with Crippen LogP contribution in [0.15, 0.2) is 42.5 Å². The second-order valence-electron chi connectivity index (χ2n) is 5.05. The van der Waals surface area contributed by atoms with Crippen LogP contribution in [-0.4, -0.2) is 30.4 Å². The van der Waals surface area contributed by atoms with Crippen LogP contribution in [0.25, 0.3) is 0 Å². The number of rotatable bonds is 5. The molecule has 0 unspecified atom stereocenters. The maximum Gasteiger partial charge on any atom is 0.338 e. The lowest BCUT2D eigenvalue weighted by Gasteiger charge is -2.07. The van der Waals surface area contributed by atoms with Crippen molar-refractivity contribution in [2.75, 3.05) is 18.7 Å². The van der Waals surface area contributed by atoms with Gasteiger partial charge in [0, 0.05) is 11.8 Å². The number of amides is 1. The minimum atomic E-state index is -0.611. The molecule has 0 aliphatic carbocycles. The van der Waals surface area contributed by atoms with Gasteiger partial charge in [0.1, 0.15) is 0 Å². The Balaban J connectivity index is 1.52. The zero-order valence-corrected chi connectivity index (χ0v) is 12.7. The van der Waals surface area contributed by atoms with E-state index in [0.29, 0.717) is 28.3 Å². The van der Waals surface area contributed by atoms with Crippen LogP contribution >= 0.6 is 0 Å². The van der Waals surface area contributed by atoms with Crippen LogP contribution in [-0.2, 0) is 16.1 Å². The van der Waals surface area contributed by atoms with Crippen molar-refractivity contribution >= 4 is 17.6 Å². The summed E-state index contributed by atoms with van der Waals surface area (Å²) in [7, 11) is 0. The van der Waals surface area contributed by atoms with Gasteiger partial charge in [0.05, 0.1) is 12.2 Å². The maximum absolute atomic E-state index is 11.9. The molecule has 7 heteroatoms. The summed E-state index contributed by atoms with van der Waals surface area (Å²) in [6.07, 6.45) is 0. The van der Waals surface area contributed by atoms with E-state index in [0.717, 1.165) is 0 Å². The number of anilines is 1. The first kappa shape index (κ1) is 15.8. The lowest BCUT2D eigenvalue weighted by molar-refractivity contribution is -0.119. The number of carbonyl (C=O) groups is 2. The van der Waals surface area contributed by atoms with E-state index in [1.165, 1.54) is 12.1 Å². The van der Waals surface area contributed by atoms with Crippen molar-refractivity contribution < 1.29 is 28.9 Å². The third-order valence-corrected chi connectivity index (χ3v) is 3.36. The lowest BCUT2D eigenvalue weighted by Crippen LogP contribution is -2.20. The first-order chi connectivity index (χ1) is 11.7. The lowest BCUT2D eigenvalue weighted by atomic mass is 10.1. The highest BCUT2D eigenvalue weighted by Crippen LogP contribution is 2.34. The highest BCUT2D eigenvalue weighted by Gasteiger charge is 2.15. The van der Waals surface area contributed by atoms with Gasteiger partial charge in [-0.05, 0) is 29.8 Å². The number of esters is 1. The summed E-state index contributed by atoms with van der Waals surface area (Å²) in [5.41, 5.74) is 1.52. The van der Waals surface area contributed by atoms with E-state index in [1.54, 1.807) is 30.3 Å². The molecule has 0 atom stereocenters. The average Bonchev–Trinajstić information content (AvgIpc) is 3.07. The molecule has 2 aromatic carbocycles. The molecule has 0 saturated heterocycles. The van der Waals surface area contributed by atoms with E-state index >= 15 is 0 Å². The predicted octanol–water partition coefficient (Wildman–Crippen LogP) is 1.70. The van der Waals surface area contributed by atoms with Gasteiger partial charge in [0.2, 0.25) is 6.79 Å². The monoisotopic (exact) mass is 329 g/mol. The number of hydrogen-bond donors (Lipinski definition) is 2. The van der Waals surface area contributed by atoms with Crippen LogP contribution in [0.4, 0.5) is 5.69 Å². The van der Waals surface area contributed by atoms with E-state index in [9.17, 15) is 9.59 Å². The van der Waals surface area contributed by atoms with Gasteiger partial charge >= 0.3 is 5.97 Å². The Labute approximate surface area is 137 Å². The summed E-state index contributed by atoms with van der Waals surface area (Å²) in [5.74, 6) is 0.0917. The molecule has 0 radical (unpaired) electrons.